The van der Waals surface area contributed by atoms with Gasteiger partial charge in [0.1, 0.15) is 0 Å². The maximum atomic E-state index is 11.4. The highest BCUT2D eigenvalue weighted by atomic mass is 16.5. The number of hydrogen-bond acceptors (Lipinski definition) is 3. The molecule has 0 aliphatic heterocycles. The molecule has 1 aromatic heterocycles. The van der Waals surface area contributed by atoms with Gasteiger partial charge < -0.3 is 4.74 Å². The summed E-state index contributed by atoms with van der Waals surface area (Å²) in [6.07, 6.45) is 6.46. The third-order valence-corrected chi connectivity index (χ3v) is 2.85. The molecule has 0 atom stereocenters. The summed E-state index contributed by atoms with van der Waals surface area (Å²) in [5, 5.41) is 4.23. The minimum atomic E-state index is -0.255. The summed E-state index contributed by atoms with van der Waals surface area (Å²) in [5.74, 6) is -0.255. The number of carbonyl (C=O) groups is 1. The summed E-state index contributed by atoms with van der Waals surface area (Å²) < 4.78 is 6.81. The first kappa shape index (κ1) is 10.9. The summed E-state index contributed by atoms with van der Waals surface area (Å²) in [7, 11) is 1.94. The van der Waals surface area contributed by atoms with Gasteiger partial charge in [0.25, 0.3) is 0 Å². The van der Waals surface area contributed by atoms with Crippen molar-refractivity contribution in [2.24, 2.45) is 7.05 Å². The van der Waals surface area contributed by atoms with E-state index >= 15 is 0 Å². The highest BCUT2D eigenvalue weighted by molar-refractivity contribution is 5.92. The van der Waals surface area contributed by atoms with Gasteiger partial charge in [-0.3, -0.25) is 4.68 Å². The van der Waals surface area contributed by atoms with Crippen molar-refractivity contribution >= 4 is 11.5 Å². The smallest absolute Gasteiger partial charge is 0.331 e. The van der Waals surface area contributed by atoms with Gasteiger partial charge in [-0.2, -0.15) is 5.10 Å². The number of carbonyl (C=O) groups excluding carboxylic acids is 1. The summed E-state index contributed by atoms with van der Waals surface area (Å²) in [4.78, 5) is 11.4. The van der Waals surface area contributed by atoms with Crippen LogP contribution in [-0.2, 0) is 23.0 Å². The SMILES string of the molecule is CCOC(=O)/C=C1\CCCc2c1cnn2C. The predicted octanol–water partition coefficient (Wildman–Crippen LogP) is 1.70. The van der Waals surface area contributed by atoms with Gasteiger partial charge in [0.15, 0.2) is 0 Å². The first-order valence-electron chi connectivity index (χ1n) is 5.61. The minimum absolute atomic E-state index is 0.255. The van der Waals surface area contributed by atoms with E-state index in [1.165, 1.54) is 5.69 Å². The number of allylic oxidation sites excluding steroid dienone is 1. The molecule has 2 rings (SSSR count). The number of hydrogen-bond donors (Lipinski definition) is 0. The Kier molecular flexibility index (Phi) is 3.08. The Bertz CT molecular complexity index is 432. The van der Waals surface area contributed by atoms with Crippen LogP contribution in [0.3, 0.4) is 0 Å². The summed E-state index contributed by atoms with van der Waals surface area (Å²) in [6, 6.07) is 0. The van der Waals surface area contributed by atoms with Crippen LogP contribution >= 0.6 is 0 Å². The quantitative estimate of drug-likeness (QED) is 0.563. The van der Waals surface area contributed by atoms with E-state index in [2.05, 4.69) is 5.10 Å². The standard InChI is InChI=1S/C12H16N2O2/c1-3-16-12(15)7-9-5-4-6-11-10(9)8-13-14(11)2/h7-8H,3-6H2,1-2H3/b9-7+. The number of rotatable bonds is 2. The first-order valence-corrected chi connectivity index (χ1v) is 5.61. The largest absolute Gasteiger partial charge is 0.463 e. The van der Waals surface area contributed by atoms with Crippen molar-refractivity contribution < 1.29 is 9.53 Å². The Hall–Kier alpha value is -1.58. The molecule has 0 aromatic carbocycles. The topological polar surface area (TPSA) is 44.1 Å². The second-order valence-corrected chi connectivity index (χ2v) is 3.90. The second kappa shape index (κ2) is 4.51. The number of ether oxygens (including phenoxy) is 1. The normalized spacial score (nSPS) is 17.2. The third-order valence-electron chi connectivity index (χ3n) is 2.85. The van der Waals surface area contributed by atoms with Gasteiger partial charge in [0.2, 0.25) is 0 Å². The lowest BCUT2D eigenvalue weighted by Gasteiger charge is -2.15. The van der Waals surface area contributed by atoms with E-state index in [0.717, 1.165) is 30.4 Å². The molecule has 0 radical (unpaired) electrons. The van der Waals surface area contributed by atoms with E-state index in [-0.39, 0.29) is 5.97 Å². The summed E-state index contributed by atoms with van der Waals surface area (Å²) >= 11 is 0. The molecule has 1 heterocycles. The molecule has 86 valence electrons. The first-order chi connectivity index (χ1) is 7.72. The Morgan fingerprint density at radius 2 is 2.44 bits per heavy atom. The molecule has 0 saturated heterocycles. The molecule has 4 nitrogen and oxygen atoms in total. The van der Waals surface area contributed by atoms with Crippen molar-refractivity contribution in [3.8, 4) is 0 Å². The molecule has 0 fully saturated rings. The number of fused-ring (bicyclic) bond motifs is 1. The molecule has 1 aromatic rings. The molecule has 0 bridgehead atoms. The van der Waals surface area contributed by atoms with Gasteiger partial charge in [-0.05, 0) is 31.8 Å². The molecule has 1 aliphatic carbocycles. The number of nitrogens with zero attached hydrogens (tertiary/aromatic N) is 2. The molecule has 0 amide bonds. The summed E-state index contributed by atoms with van der Waals surface area (Å²) in [5.41, 5.74) is 3.36. The zero-order chi connectivity index (χ0) is 11.5. The van der Waals surface area contributed by atoms with Crippen LogP contribution in [-0.4, -0.2) is 22.4 Å². The van der Waals surface area contributed by atoms with Crippen molar-refractivity contribution in [3.63, 3.8) is 0 Å². The van der Waals surface area contributed by atoms with Crippen molar-refractivity contribution in [2.45, 2.75) is 26.2 Å². The number of aromatic nitrogens is 2. The Morgan fingerprint density at radius 3 is 3.19 bits per heavy atom. The highest BCUT2D eigenvalue weighted by Gasteiger charge is 2.18. The van der Waals surface area contributed by atoms with E-state index < -0.39 is 0 Å². The minimum Gasteiger partial charge on any atom is -0.463 e. The lowest BCUT2D eigenvalue weighted by atomic mass is 9.92. The van der Waals surface area contributed by atoms with Crippen molar-refractivity contribution in [1.29, 1.82) is 0 Å². The van der Waals surface area contributed by atoms with Crippen molar-refractivity contribution in [3.05, 3.63) is 23.5 Å². The molecule has 4 heteroatoms. The van der Waals surface area contributed by atoms with E-state index in [9.17, 15) is 4.79 Å². The van der Waals surface area contributed by atoms with E-state index in [0.29, 0.717) is 6.61 Å². The molecular weight excluding hydrogens is 204 g/mol. The fourth-order valence-electron chi connectivity index (χ4n) is 2.08. The fourth-order valence-corrected chi connectivity index (χ4v) is 2.08. The van der Waals surface area contributed by atoms with Gasteiger partial charge in [0, 0.05) is 24.4 Å². The molecule has 0 spiro atoms. The van der Waals surface area contributed by atoms with Gasteiger partial charge in [-0.25, -0.2) is 4.79 Å². The maximum Gasteiger partial charge on any atom is 0.331 e. The van der Waals surface area contributed by atoms with Crippen LogP contribution in [0.15, 0.2) is 12.3 Å². The van der Waals surface area contributed by atoms with E-state index in [1.54, 1.807) is 6.08 Å². The van der Waals surface area contributed by atoms with Crippen LogP contribution in [0.25, 0.3) is 5.57 Å². The van der Waals surface area contributed by atoms with Crippen LogP contribution in [0.1, 0.15) is 31.0 Å². The van der Waals surface area contributed by atoms with Crippen LogP contribution in [0.2, 0.25) is 0 Å². The van der Waals surface area contributed by atoms with Crippen molar-refractivity contribution in [1.82, 2.24) is 9.78 Å². The summed E-state index contributed by atoms with van der Waals surface area (Å²) in [6.45, 7) is 2.23. The molecule has 1 aliphatic rings. The number of esters is 1. The Balaban J connectivity index is 2.28. The van der Waals surface area contributed by atoms with Crippen LogP contribution in [0, 0.1) is 0 Å². The van der Waals surface area contributed by atoms with Gasteiger partial charge in [-0.1, -0.05) is 0 Å². The molecule has 16 heavy (non-hydrogen) atoms. The van der Waals surface area contributed by atoms with E-state index in [4.69, 9.17) is 4.74 Å². The maximum absolute atomic E-state index is 11.4. The Labute approximate surface area is 94.9 Å². The van der Waals surface area contributed by atoms with E-state index in [1.807, 2.05) is 24.9 Å². The lowest BCUT2D eigenvalue weighted by Crippen LogP contribution is -2.07. The lowest BCUT2D eigenvalue weighted by molar-refractivity contribution is -0.137. The molecule has 0 saturated carbocycles. The zero-order valence-electron chi connectivity index (χ0n) is 9.69. The van der Waals surface area contributed by atoms with Gasteiger partial charge >= 0.3 is 5.97 Å². The second-order valence-electron chi connectivity index (χ2n) is 3.90. The predicted molar refractivity (Wildman–Crippen MR) is 60.8 cm³/mol. The monoisotopic (exact) mass is 220 g/mol. The van der Waals surface area contributed by atoms with Crippen LogP contribution < -0.4 is 0 Å². The van der Waals surface area contributed by atoms with Crippen molar-refractivity contribution in [2.75, 3.05) is 6.61 Å². The average molecular weight is 220 g/mol. The number of aryl methyl sites for hydroxylation is 1. The molecule has 0 N–H and O–H groups in total. The third kappa shape index (κ3) is 2.01. The van der Waals surface area contributed by atoms with Gasteiger partial charge in [0.05, 0.1) is 12.8 Å². The van der Waals surface area contributed by atoms with Gasteiger partial charge in [-0.15, -0.1) is 0 Å². The highest BCUT2D eigenvalue weighted by Crippen LogP contribution is 2.29. The van der Waals surface area contributed by atoms with Crippen LogP contribution in [0.4, 0.5) is 0 Å². The Morgan fingerprint density at radius 1 is 1.62 bits per heavy atom. The van der Waals surface area contributed by atoms with Crippen LogP contribution in [0.5, 0.6) is 0 Å². The molecule has 0 unspecified atom stereocenters. The average Bonchev–Trinajstić information content (AvgIpc) is 2.62. The fraction of sp³-hybridized carbons (Fsp3) is 0.500. The molecular formula is C12H16N2O2. The zero-order valence-corrected chi connectivity index (χ0v) is 9.69.